The molecule has 130 valence electrons. The molecule has 2 aromatic rings. The van der Waals surface area contributed by atoms with Crippen molar-refractivity contribution in [3.05, 3.63) is 58.1 Å². The highest BCUT2D eigenvalue weighted by Crippen LogP contribution is 2.19. The Kier molecular flexibility index (Phi) is 6.80. The predicted molar refractivity (Wildman–Crippen MR) is 98.2 cm³/mol. The number of amides is 2. The fourth-order valence-electron chi connectivity index (χ4n) is 1.88. The second-order valence-corrected chi connectivity index (χ2v) is 5.93. The van der Waals surface area contributed by atoms with Gasteiger partial charge >= 0.3 is 0 Å². The van der Waals surface area contributed by atoms with E-state index in [2.05, 4.69) is 15.8 Å². The topological polar surface area (TPSA) is 90.8 Å². The molecule has 0 atom stereocenters. The summed E-state index contributed by atoms with van der Waals surface area (Å²) in [4.78, 5) is 23.5. The minimum Gasteiger partial charge on any atom is -0.507 e. The monoisotopic (exact) mass is 379 g/mol. The van der Waals surface area contributed by atoms with Crippen molar-refractivity contribution in [2.75, 3.05) is 5.32 Å². The number of anilines is 1. The van der Waals surface area contributed by atoms with Crippen molar-refractivity contribution >= 4 is 46.9 Å². The Morgan fingerprint density at radius 3 is 2.52 bits per heavy atom. The lowest BCUT2D eigenvalue weighted by Gasteiger charge is -2.05. The molecular weight excluding hydrogens is 365 g/mol. The molecule has 0 aliphatic heterocycles. The van der Waals surface area contributed by atoms with Crippen LogP contribution < -0.4 is 10.7 Å². The van der Waals surface area contributed by atoms with Gasteiger partial charge in [-0.1, -0.05) is 29.3 Å². The summed E-state index contributed by atoms with van der Waals surface area (Å²) in [6, 6.07) is 11.2. The lowest BCUT2D eigenvalue weighted by Crippen LogP contribution is -2.20. The number of phenols is 1. The fourth-order valence-corrected chi connectivity index (χ4v) is 2.25. The average molecular weight is 380 g/mol. The third-order valence-electron chi connectivity index (χ3n) is 3.07. The quantitative estimate of drug-likeness (QED) is 0.529. The van der Waals surface area contributed by atoms with Crippen molar-refractivity contribution in [3.8, 4) is 5.75 Å². The van der Waals surface area contributed by atoms with Crippen LogP contribution in [0.2, 0.25) is 10.0 Å². The molecule has 0 spiro atoms. The molecule has 2 rings (SSSR count). The van der Waals surface area contributed by atoms with Gasteiger partial charge in [-0.15, -0.1) is 0 Å². The fraction of sp³-hybridized carbons (Fsp3) is 0.118. The van der Waals surface area contributed by atoms with E-state index in [0.29, 0.717) is 21.3 Å². The predicted octanol–water partition coefficient (Wildman–Crippen LogP) is 3.57. The first-order valence-electron chi connectivity index (χ1n) is 7.30. The standard InChI is InChI=1S/C17H15Cl2N3O3/c18-12-2-1-3-14(9-12)21-16(24)6-7-17(25)22-20-10-11-8-13(19)4-5-15(11)23/h1-5,8-10,23H,6-7H2,(H,21,24)(H,22,25). The first-order valence-corrected chi connectivity index (χ1v) is 8.05. The molecular formula is C17H15Cl2N3O3. The van der Waals surface area contributed by atoms with E-state index in [1.165, 1.54) is 24.4 Å². The van der Waals surface area contributed by atoms with Crippen molar-refractivity contribution in [1.29, 1.82) is 0 Å². The SMILES string of the molecule is O=C(CCC(=O)Nc1cccc(Cl)c1)NN=Cc1cc(Cl)ccc1O. The lowest BCUT2D eigenvalue weighted by molar-refractivity contribution is -0.124. The van der Waals surface area contributed by atoms with Gasteiger partial charge < -0.3 is 10.4 Å². The van der Waals surface area contributed by atoms with Gasteiger partial charge in [-0.05, 0) is 36.4 Å². The van der Waals surface area contributed by atoms with Crippen LogP contribution in [-0.2, 0) is 9.59 Å². The Bertz CT molecular complexity index is 809. The maximum Gasteiger partial charge on any atom is 0.240 e. The Morgan fingerprint density at radius 1 is 1.04 bits per heavy atom. The van der Waals surface area contributed by atoms with Crippen LogP contribution in [0, 0.1) is 0 Å². The molecule has 0 saturated heterocycles. The van der Waals surface area contributed by atoms with Gasteiger partial charge in [0.1, 0.15) is 5.75 Å². The van der Waals surface area contributed by atoms with Gasteiger partial charge in [-0.3, -0.25) is 9.59 Å². The molecule has 0 bridgehead atoms. The highest BCUT2D eigenvalue weighted by molar-refractivity contribution is 6.31. The van der Waals surface area contributed by atoms with Crippen molar-refractivity contribution in [3.63, 3.8) is 0 Å². The number of hydrogen-bond acceptors (Lipinski definition) is 4. The summed E-state index contributed by atoms with van der Waals surface area (Å²) >= 11 is 11.6. The Hall–Kier alpha value is -2.57. The number of hydrogen-bond donors (Lipinski definition) is 3. The van der Waals surface area contributed by atoms with Crippen molar-refractivity contribution in [2.45, 2.75) is 12.8 Å². The van der Waals surface area contributed by atoms with Crippen LogP contribution >= 0.6 is 23.2 Å². The van der Waals surface area contributed by atoms with Crippen molar-refractivity contribution in [1.82, 2.24) is 5.43 Å². The number of nitrogens with one attached hydrogen (secondary N) is 2. The van der Waals surface area contributed by atoms with Crippen LogP contribution in [-0.4, -0.2) is 23.1 Å². The number of carbonyl (C=O) groups is 2. The minimum atomic E-state index is -0.431. The van der Waals surface area contributed by atoms with E-state index in [9.17, 15) is 14.7 Å². The second kappa shape index (κ2) is 9.05. The number of benzene rings is 2. The van der Waals surface area contributed by atoms with Gasteiger partial charge in [0.25, 0.3) is 0 Å². The largest absolute Gasteiger partial charge is 0.507 e. The number of carbonyl (C=O) groups excluding carboxylic acids is 2. The molecule has 0 fully saturated rings. The maximum atomic E-state index is 11.8. The van der Waals surface area contributed by atoms with Crippen LogP contribution in [0.4, 0.5) is 5.69 Å². The maximum absolute atomic E-state index is 11.8. The van der Waals surface area contributed by atoms with Crippen LogP contribution in [0.25, 0.3) is 0 Å². The molecule has 0 aliphatic carbocycles. The summed E-state index contributed by atoms with van der Waals surface area (Å²) in [5.74, 6) is -0.754. The molecule has 3 N–H and O–H groups in total. The first kappa shape index (κ1) is 18.8. The van der Waals surface area contributed by atoms with E-state index in [1.54, 1.807) is 24.3 Å². The Balaban J connectivity index is 1.77. The molecule has 0 aromatic heterocycles. The summed E-state index contributed by atoms with van der Waals surface area (Å²) in [5, 5.41) is 16.9. The van der Waals surface area contributed by atoms with E-state index in [4.69, 9.17) is 23.2 Å². The van der Waals surface area contributed by atoms with Crippen LogP contribution in [0.15, 0.2) is 47.6 Å². The van der Waals surface area contributed by atoms with Crippen molar-refractivity contribution in [2.24, 2.45) is 5.10 Å². The third-order valence-corrected chi connectivity index (χ3v) is 3.54. The van der Waals surface area contributed by atoms with Gasteiger partial charge in [0.05, 0.1) is 6.21 Å². The van der Waals surface area contributed by atoms with Gasteiger partial charge in [-0.2, -0.15) is 5.10 Å². The summed E-state index contributed by atoms with van der Waals surface area (Å²) < 4.78 is 0. The normalized spacial score (nSPS) is 10.6. The third kappa shape index (κ3) is 6.45. The summed E-state index contributed by atoms with van der Waals surface area (Å²) in [6.07, 6.45) is 1.23. The minimum absolute atomic E-state index is 0.00369. The van der Waals surface area contributed by atoms with E-state index in [1.807, 2.05) is 0 Å². The Morgan fingerprint density at radius 2 is 1.76 bits per heavy atom. The molecule has 2 amide bonds. The van der Waals surface area contributed by atoms with Gasteiger partial charge in [0.15, 0.2) is 0 Å². The number of aromatic hydroxyl groups is 1. The van der Waals surface area contributed by atoms with Crippen LogP contribution in [0.1, 0.15) is 18.4 Å². The van der Waals surface area contributed by atoms with Gasteiger partial charge in [-0.25, -0.2) is 5.43 Å². The molecule has 8 heteroatoms. The molecule has 25 heavy (non-hydrogen) atoms. The highest BCUT2D eigenvalue weighted by Gasteiger charge is 2.07. The van der Waals surface area contributed by atoms with Crippen LogP contribution in [0.3, 0.4) is 0 Å². The second-order valence-electron chi connectivity index (χ2n) is 5.05. The first-order chi connectivity index (χ1) is 11.9. The number of rotatable bonds is 6. The zero-order chi connectivity index (χ0) is 18.2. The summed E-state index contributed by atoms with van der Waals surface area (Å²) in [5.41, 5.74) is 3.21. The summed E-state index contributed by atoms with van der Waals surface area (Å²) in [6.45, 7) is 0. The van der Waals surface area contributed by atoms with Crippen molar-refractivity contribution < 1.29 is 14.7 Å². The average Bonchev–Trinajstić information content (AvgIpc) is 2.56. The van der Waals surface area contributed by atoms with Crippen LogP contribution in [0.5, 0.6) is 5.75 Å². The summed E-state index contributed by atoms with van der Waals surface area (Å²) in [7, 11) is 0. The van der Waals surface area contributed by atoms with Gasteiger partial charge in [0.2, 0.25) is 11.8 Å². The molecule has 6 nitrogen and oxygen atoms in total. The molecule has 0 heterocycles. The van der Waals surface area contributed by atoms with E-state index in [-0.39, 0.29) is 24.5 Å². The molecule has 0 unspecified atom stereocenters. The lowest BCUT2D eigenvalue weighted by atomic mass is 10.2. The van der Waals surface area contributed by atoms with Gasteiger partial charge in [0, 0.05) is 34.1 Å². The number of nitrogens with zero attached hydrogens (tertiary/aromatic N) is 1. The Labute approximate surface area is 154 Å². The number of halogens is 2. The molecule has 0 radical (unpaired) electrons. The zero-order valence-corrected chi connectivity index (χ0v) is 14.5. The van der Waals surface area contributed by atoms with E-state index >= 15 is 0 Å². The number of phenolic OH excluding ortho intramolecular Hbond substituents is 1. The van der Waals surface area contributed by atoms with E-state index < -0.39 is 5.91 Å². The van der Waals surface area contributed by atoms with E-state index in [0.717, 1.165) is 0 Å². The number of hydrazone groups is 1. The molecule has 2 aromatic carbocycles. The molecule has 0 aliphatic rings. The molecule has 0 saturated carbocycles. The smallest absolute Gasteiger partial charge is 0.240 e. The zero-order valence-electron chi connectivity index (χ0n) is 13.0. The highest BCUT2D eigenvalue weighted by atomic mass is 35.5.